The Balaban J connectivity index is 2.05. The molecule has 0 aliphatic rings. The molecule has 1 amide bonds. The van der Waals surface area contributed by atoms with Gasteiger partial charge in [-0.25, -0.2) is 4.68 Å². The van der Waals surface area contributed by atoms with Crippen molar-refractivity contribution >= 4 is 21.8 Å². The molecule has 0 saturated carbocycles. The van der Waals surface area contributed by atoms with Gasteiger partial charge in [0.05, 0.1) is 30.1 Å². The van der Waals surface area contributed by atoms with Gasteiger partial charge in [0.25, 0.3) is 5.91 Å². The van der Waals surface area contributed by atoms with Gasteiger partial charge in [-0.1, -0.05) is 34.1 Å². The Labute approximate surface area is 132 Å². The maximum absolute atomic E-state index is 12.2. The number of amides is 1. The summed E-state index contributed by atoms with van der Waals surface area (Å²) in [5.74, 6) is -0.139. The molecule has 1 heterocycles. The number of alkyl halides is 1. The maximum atomic E-state index is 12.2. The fraction of sp³-hybridized carbons (Fsp3) is 0.333. The number of hydrogen-bond acceptors (Lipinski definition) is 3. The van der Waals surface area contributed by atoms with Crippen molar-refractivity contribution in [1.29, 1.82) is 0 Å². The highest BCUT2D eigenvalue weighted by Crippen LogP contribution is 2.08. The molecule has 0 fully saturated rings. The summed E-state index contributed by atoms with van der Waals surface area (Å²) in [5, 5.41) is 7.98. The van der Waals surface area contributed by atoms with Gasteiger partial charge in [0.2, 0.25) is 0 Å². The van der Waals surface area contributed by atoms with E-state index in [0.29, 0.717) is 12.2 Å². The number of rotatable bonds is 7. The minimum absolute atomic E-state index is 0.0121. The van der Waals surface area contributed by atoms with Crippen LogP contribution in [0.1, 0.15) is 16.8 Å². The normalized spacial score (nSPS) is 12.1. The second-order valence-electron chi connectivity index (χ2n) is 4.61. The highest BCUT2D eigenvalue weighted by atomic mass is 79.9. The lowest BCUT2D eigenvalue weighted by atomic mass is 10.2. The predicted octanol–water partition coefficient (Wildman–Crippen LogP) is 2.40. The smallest absolute Gasteiger partial charge is 0.254 e. The number of methoxy groups -OCH3 is 1. The molecule has 1 atom stereocenters. The zero-order valence-electron chi connectivity index (χ0n) is 11.8. The molecule has 5 nitrogen and oxygen atoms in total. The van der Waals surface area contributed by atoms with Gasteiger partial charge in [-0.2, -0.15) is 5.10 Å². The molecule has 0 saturated heterocycles. The van der Waals surface area contributed by atoms with E-state index in [1.807, 2.05) is 30.3 Å². The van der Waals surface area contributed by atoms with Crippen molar-refractivity contribution in [3.05, 3.63) is 48.3 Å². The van der Waals surface area contributed by atoms with Crippen LogP contribution in [0.4, 0.5) is 0 Å². The summed E-state index contributed by atoms with van der Waals surface area (Å²) >= 11 is 3.38. The number of nitrogens with one attached hydrogen (secondary N) is 1. The molecule has 0 radical (unpaired) electrons. The summed E-state index contributed by atoms with van der Waals surface area (Å²) in [5.41, 5.74) is 1.46. The molecule has 1 N–H and O–H groups in total. The van der Waals surface area contributed by atoms with E-state index in [-0.39, 0.29) is 11.9 Å². The summed E-state index contributed by atoms with van der Waals surface area (Å²) in [6.45, 7) is 0.490. The molecule has 2 rings (SSSR count). The number of aromatic nitrogens is 2. The molecule has 112 valence electrons. The topological polar surface area (TPSA) is 56.1 Å². The van der Waals surface area contributed by atoms with E-state index in [1.165, 1.54) is 0 Å². The molecule has 21 heavy (non-hydrogen) atoms. The highest BCUT2D eigenvalue weighted by molar-refractivity contribution is 9.09. The first-order valence-corrected chi connectivity index (χ1v) is 7.82. The Hall–Kier alpha value is -1.66. The van der Waals surface area contributed by atoms with Crippen LogP contribution in [0.5, 0.6) is 0 Å². The van der Waals surface area contributed by atoms with Crippen LogP contribution < -0.4 is 5.32 Å². The molecule has 1 unspecified atom stereocenters. The van der Waals surface area contributed by atoms with E-state index < -0.39 is 0 Å². The Bertz CT molecular complexity index is 565. The van der Waals surface area contributed by atoms with Crippen LogP contribution in [0.15, 0.2) is 42.7 Å². The molecule has 0 spiro atoms. The fourth-order valence-corrected chi connectivity index (χ4v) is 2.51. The zero-order valence-corrected chi connectivity index (χ0v) is 13.4. The van der Waals surface area contributed by atoms with Crippen molar-refractivity contribution in [1.82, 2.24) is 15.1 Å². The van der Waals surface area contributed by atoms with Crippen LogP contribution in [0.2, 0.25) is 0 Å². The van der Waals surface area contributed by atoms with Gasteiger partial charge in [-0.05, 0) is 18.6 Å². The van der Waals surface area contributed by atoms with E-state index in [9.17, 15) is 4.79 Å². The summed E-state index contributed by atoms with van der Waals surface area (Å²) in [6.07, 6.45) is 4.11. The van der Waals surface area contributed by atoms with E-state index in [4.69, 9.17) is 4.74 Å². The average molecular weight is 352 g/mol. The number of hydrogen-bond donors (Lipinski definition) is 1. The molecular weight excluding hydrogens is 334 g/mol. The average Bonchev–Trinajstić information content (AvgIpc) is 2.98. The van der Waals surface area contributed by atoms with Crippen molar-refractivity contribution in [2.24, 2.45) is 0 Å². The molecule has 0 aliphatic carbocycles. The number of para-hydroxylation sites is 1. The molecule has 0 bridgehead atoms. The van der Waals surface area contributed by atoms with Crippen molar-refractivity contribution in [3.8, 4) is 5.69 Å². The van der Waals surface area contributed by atoms with Gasteiger partial charge in [0, 0.05) is 18.6 Å². The molecule has 2 aromatic rings. The SMILES string of the molecule is COCC(CCBr)NC(=O)c1cnn(-c2ccccc2)c1. The number of ether oxygens (including phenoxy) is 1. The van der Waals surface area contributed by atoms with Gasteiger partial charge in [0.15, 0.2) is 0 Å². The first-order chi connectivity index (χ1) is 10.2. The van der Waals surface area contributed by atoms with Crippen molar-refractivity contribution < 1.29 is 9.53 Å². The van der Waals surface area contributed by atoms with Crippen molar-refractivity contribution in [3.63, 3.8) is 0 Å². The van der Waals surface area contributed by atoms with E-state index in [1.54, 1.807) is 24.2 Å². The zero-order chi connectivity index (χ0) is 15.1. The van der Waals surface area contributed by atoms with Crippen LogP contribution in [0, 0.1) is 0 Å². The first kappa shape index (κ1) is 15.7. The highest BCUT2D eigenvalue weighted by Gasteiger charge is 2.15. The lowest BCUT2D eigenvalue weighted by molar-refractivity contribution is 0.0895. The third kappa shape index (κ3) is 4.41. The van der Waals surface area contributed by atoms with Gasteiger partial charge < -0.3 is 10.1 Å². The molecular formula is C15H18BrN3O2. The number of carbonyl (C=O) groups excluding carboxylic acids is 1. The standard InChI is InChI=1S/C15H18BrN3O2/c1-21-11-13(7-8-16)18-15(20)12-9-17-19(10-12)14-5-3-2-4-6-14/h2-6,9-10,13H,7-8,11H2,1H3,(H,18,20). The van der Waals surface area contributed by atoms with Gasteiger partial charge in [-0.15, -0.1) is 0 Å². The monoisotopic (exact) mass is 351 g/mol. The Morgan fingerprint density at radius 2 is 2.19 bits per heavy atom. The lowest BCUT2D eigenvalue weighted by Gasteiger charge is -2.16. The Morgan fingerprint density at radius 1 is 1.43 bits per heavy atom. The number of carbonyl (C=O) groups is 1. The van der Waals surface area contributed by atoms with Crippen molar-refractivity contribution in [2.75, 3.05) is 19.0 Å². The Morgan fingerprint density at radius 3 is 2.86 bits per heavy atom. The van der Waals surface area contributed by atoms with Gasteiger partial charge in [-0.3, -0.25) is 4.79 Å². The quantitative estimate of drug-likeness (QED) is 0.779. The minimum atomic E-state index is -0.139. The molecule has 6 heteroatoms. The maximum Gasteiger partial charge on any atom is 0.254 e. The van der Waals surface area contributed by atoms with Crippen LogP contribution in [0.3, 0.4) is 0 Å². The third-order valence-electron chi connectivity index (χ3n) is 3.03. The number of benzene rings is 1. The number of nitrogens with zero attached hydrogens (tertiary/aromatic N) is 2. The third-order valence-corrected chi connectivity index (χ3v) is 3.48. The molecule has 0 aliphatic heterocycles. The van der Waals surface area contributed by atoms with E-state index in [0.717, 1.165) is 17.4 Å². The molecule has 1 aromatic heterocycles. The second-order valence-corrected chi connectivity index (χ2v) is 5.41. The Kier molecular flexibility index (Phi) is 5.95. The van der Waals surface area contributed by atoms with E-state index >= 15 is 0 Å². The van der Waals surface area contributed by atoms with Gasteiger partial charge >= 0.3 is 0 Å². The van der Waals surface area contributed by atoms with Crippen LogP contribution >= 0.6 is 15.9 Å². The number of halogens is 1. The predicted molar refractivity (Wildman–Crippen MR) is 85.1 cm³/mol. The van der Waals surface area contributed by atoms with Crippen molar-refractivity contribution in [2.45, 2.75) is 12.5 Å². The largest absolute Gasteiger partial charge is 0.383 e. The van der Waals surface area contributed by atoms with Crippen LogP contribution in [-0.2, 0) is 4.74 Å². The van der Waals surface area contributed by atoms with Crippen LogP contribution in [0.25, 0.3) is 5.69 Å². The first-order valence-electron chi connectivity index (χ1n) is 6.70. The summed E-state index contributed by atoms with van der Waals surface area (Å²) in [6, 6.07) is 9.67. The van der Waals surface area contributed by atoms with E-state index in [2.05, 4.69) is 26.3 Å². The second kappa shape index (κ2) is 7.95. The van der Waals surface area contributed by atoms with Crippen LogP contribution in [-0.4, -0.2) is 40.8 Å². The fourth-order valence-electron chi connectivity index (χ4n) is 1.96. The summed E-state index contributed by atoms with van der Waals surface area (Å²) in [4.78, 5) is 12.2. The summed E-state index contributed by atoms with van der Waals surface area (Å²) < 4.78 is 6.80. The lowest BCUT2D eigenvalue weighted by Crippen LogP contribution is -2.38. The van der Waals surface area contributed by atoms with Gasteiger partial charge in [0.1, 0.15) is 0 Å². The summed E-state index contributed by atoms with van der Waals surface area (Å²) in [7, 11) is 1.63. The minimum Gasteiger partial charge on any atom is -0.383 e. The molecule has 1 aromatic carbocycles.